The number of hydrogen-bond donors (Lipinski definition) is 0. The highest BCUT2D eigenvalue weighted by molar-refractivity contribution is 6.30. The van der Waals surface area contributed by atoms with E-state index in [4.69, 9.17) is 16.0 Å². The molecule has 11 heteroatoms. The number of carbonyl (C=O) groups excluding carboxylic acids is 1. The number of carbonyl (C=O) groups is 1. The highest BCUT2D eigenvalue weighted by Gasteiger charge is 2.33. The van der Waals surface area contributed by atoms with Gasteiger partial charge in [-0.3, -0.25) is 4.79 Å². The number of aromatic nitrogens is 4. The first-order valence-corrected chi connectivity index (χ1v) is 8.08. The minimum absolute atomic E-state index is 0.230. The van der Waals surface area contributed by atoms with Crippen molar-refractivity contribution in [3.8, 4) is 11.4 Å². The first-order valence-electron chi connectivity index (χ1n) is 7.71. The molecule has 0 fully saturated rings. The van der Waals surface area contributed by atoms with Crippen molar-refractivity contribution in [3.05, 3.63) is 53.4 Å². The first-order chi connectivity index (χ1) is 12.8. The molecule has 2 aromatic heterocycles. The standard InChI is InChI=1S/C16H13ClF3N5O2/c17-12-5-3-11(4-6-12)15-21-23-25(22-15)9-14(26)24(10-16(18,19)20)8-13-2-1-7-27-13/h1-7H,8-10H2. The molecular weight excluding hydrogens is 387 g/mol. The summed E-state index contributed by atoms with van der Waals surface area (Å²) in [5.74, 6) is -0.349. The van der Waals surface area contributed by atoms with Crippen molar-refractivity contribution in [2.24, 2.45) is 0 Å². The predicted molar refractivity (Wildman–Crippen MR) is 88.4 cm³/mol. The summed E-state index contributed by atoms with van der Waals surface area (Å²) in [5.41, 5.74) is 0.612. The third-order valence-electron chi connectivity index (χ3n) is 3.48. The van der Waals surface area contributed by atoms with E-state index in [2.05, 4.69) is 15.4 Å². The van der Waals surface area contributed by atoms with Crippen molar-refractivity contribution in [2.75, 3.05) is 6.54 Å². The molecule has 0 radical (unpaired) electrons. The van der Waals surface area contributed by atoms with Gasteiger partial charge in [0.25, 0.3) is 0 Å². The number of hydrogen-bond acceptors (Lipinski definition) is 5. The zero-order valence-corrected chi connectivity index (χ0v) is 14.5. The minimum atomic E-state index is -4.55. The van der Waals surface area contributed by atoms with Crippen molar-refractivity contribution in [2.45, 2.75) is 19.3 Å². The summed E-state index contributed by atoms with van der Waals surface area (Å²) in [7, 11) is 0. The Morgan fingerprint density at radius 3 is 2.59 bits per heavy atom. The zero-order chi connectivity index (χ0) is 19.4. The van der Waals surface area contributed by atoms with E-state index in [1.807, 2.05) is 0 Å². The van der Waals surface area contributed by atoms with Gasteiger partial charge < -0.3 is 9.32 Å². The number of alkyl halides is 3. The fourth-order valence-electron chi connectivity index (χ4n) is 2.29. The molecule has 0 N–H and O–H groups in total. The monoisotopic (exact) mass is 399 g/mol. The third kappa shape index (κ3) is 5.30. The summed E-state index contributed by atoms with van der Waals surface area (Å²) in [4.78, 5) is 13.9. The molecule has 0 bridgehead atoms. The van der Waals surface area contributed by atoms with Crippen LogP contribution in [0.1, 0.15) is 5.76 Å². The number of rotatable bonds is 6. The lowest BCUT2D eigenvalue weighted by atomic mass is 10.2. The molecule has 0 spiro atoms. The Hall–Kier alpha value is -2.88. The van der Waals surface area contributed by atoms with Crippen LogP contribution in [-0.2, 0) is 17.9 Å². The van der Waals surface area contributed by atoms with Crippen LogP contribution in [-0.4, -0.2) is 43.7 Å². The van der Waals surface area contributed by atoms with Crippen LogP contribution in [0.15, 0.2) is 47.1 Å². The van der Waals surface area contributed by atoms with Crippen molar-refractivity contribution >= 4 is 17.5 Å². The summed E-state index contributed by atoms with van der Waals surface area (Å²) >= 11 is 5.81. The number of furan rings is 1. The van der Waals surface area contributed by atoms with Gasteiger partial charge in [-0.15, -0.1) is 10.2 Å². The molecule has 1 amide bonds. The first kappa shape index (κ1) is 18.9. The molecule has 1 aromatic carbocycles. The second-order valence-electron chi connectivity index (χ2n) is 5.59. The highest BCUT2D eigenvalue weighted by atomic mass is 35.5. The number of nitrogens with zero attached hydrogens (tertiary/aromatic N) is 5. The molecule has 0 saturated carbocycles. The van der Waals surface area contributed by atoms with Gasteiger partial charge in [0.15, 0.2) is 0 Å². The Morgan fingerprint density at radius 1 is 1.22 bits per heavy atom. The summed E-state index contributed by atoms with van der Waals surface area (Å²) in [5, 5.41) is 12.1. The van der Waals surface area contributed by atoms with Crippen molar-refractivity contribution in [1.82, 2.24) is 25.1 Å². The van der Waals surface area contributed by atoms with Crippen molar-refractivity contribution in [3.63, 3.8) is 0 Å². The Labute approximate surface area is 156 Å². The number of benzene rings is 1. The molecule has 0 atom stereocenters. The highest BCUT2D eigenvalue weighted by Crippen LogP contribution is 2.19. The largest absolute Gasteiger partial charge is 0.467 e. The molecule has 0 aliphatic heterocycles. The fourth-order valence-corrected chi connectivity index (χ4v) is 2.41. The van der Waals surface area contributed by atoms with Gasteiger partial charge in [0.2, 0.25) is 11.7 Å². The summed E-state index contributed by atoms with van der Waals surface area (Å²) in [6, 6.07) is 9.62. The van der Waals surface area contributed by atoms with Gasteiger partial charge in [-0.25, -0.2) is 0 Å². The van der Waals surface area contributed by atoms with E-state index in [1.165, 1.54) is 18.4 Å². The van der Waals surface area contributed by atoms with Crippen LogP contribution in [0.4, 0.5) is 13.2 Å². The molecule has 27 heavy (non-hydrogen) atoms. The van der Waals surface area contributed by atoms with E-state index in [-0.39, 0.29) is 18.1 Å². The van der Waals surface area contributed by atoms with E-state index in [1.54, 1.807) is 24.3 Å². The summed E-state index contributed by atoms with van der Waals surface area (Å²) in [6.45, 7) is -2.22. The summed E-state index contributed by atoms with van der Waals surface area (Å²) < 4.78 is 43.4. The van der Waals surface area contributed by atoms with Gasteiger partial charge in [-0.2, -0.15) is 18.0 Å². The van der Waals surface area contributed by atoms with E-state index in [0.29, 0.717) is 15.5 Å². The van der Waals surface area contributed by atoms with E-state index < -0.39 is 25.2 Å². The lowest BCUT2D eigenvalue weighted by Gasteiger charge is -2.22. The normalized spacial score (nSPS) is 11.6. The van der Waals surface area contributed by atoms with Gasteiger partial charge in [0, 0.05) is 10.6 Å². The Kier molecular flexibility index (Phi) is 5.45. The molecule has 0 unspecified atom stereocenters. The molecule has 0 saturated heterocycles. The number of halogens is 4. The van der Waals surface area contributed by atoms with Crippen LogP contribution in [0, 0.1) is 0 Å². The van der Waals surface area contributed by atoms with Crippen LogP contribution in [0.25, 0.3) is 11.4 Å². The fraction of sp³-hybridized carbons (Fsp3) is 0.250. The quantitative estimate of drug-likeness (QED) is 0.636. The number of tetrazole rings is 1. The van der Waals surface area contributed by atoms with E-state index in [0.717, 1.165) is 4.80 Å². The van der Waals surface area contributed by atoms with Crippen LogP contribution in [0.5, 0.6) is 0 Å². The van der Waals surface area contributed by atoms with Crippen LogP contribution >= 0.6 is 11.6 Å². The van der Waals surface area contributed by atoms with Crippen LogP contribution in [0.2, 0.25) is 5.02 Å². The SMILES string of the molecule is O=C(Cn1nnc(-c2ccc(Cl)cc2)n1)N(Cc1ccco1)CC(F)(F)F. The van der Waals surface area contributed by atoms with Crippen molar-refractivity contribution in [1.29, 1.82) is 0 Å². The van der Waals surface area contributed by atoms with Gasteiger partial charge in [-0.1, -0.05) is 11.6 Å². The second-order valence-corrected chi connectivity index (χ2v) is 6.03. The van der Waals surface area contributed by atoms with Gasteiger partial charge in [0.05, 0.1) is 12.8 Å². The molecule has 7 nitrogen and oxygen atoms in total. The summed E-state index contributed by atoms with van der Waals surface area (Å²) in [6.07, 6.45) is -3.23. The molecular formula is C16H13ClF3N5O2. The average Bonchev–Trinajstić information content (AvgIpc) is 3.26. The predicted octanol–water partition coefficient (Wildman–Crippen LogP) is 3.18. The Morgan fingerprint density at radius 2 is 1.96 bits per heavy atom. The molecule has 142 valence electrons. The van der Waals surface area contributed by atoms with Crippen LogP contribution in [0.3, 0.4) is 0 Å². The maximum absolute atomic E-state index is 12.8. The molecule has 0 aliphatic rings. The van der Waals surface area contributed by atoms with E-state index >= 15 is 0 Å². The Balaban J connectivity index is 1.72. The molecule has 3 aromatic rings. The molecule has 0 aliphatic carbocycles. The minimum Gasteiger partial charge on any atom is -0.467 e. The number of amides is 1. The third-order valence-corrected chi connectivity index (χ3v) is 3.73. The van der Waals surface area contributed by atoms with Gasteiger partial charge >= 0.3 is 6.18 Å². The smallest absolute Gasteiger partial charge is 0.406 e. The van der Waals surface area contributed by atoms with E-state index in [9.17, 15) is 18.0 Å². The zero-order valence-electron chi connectivity index (χ0n) is 13.7. The van der Waals surface area contributed by atoms with Gasteiger partial charge in [0.1, 0.15) is 18.8 Å². The van der Waals surface area contributed by atoms with Crippen molar-refractivity contribution < 1.29 is 22.4 Å². The average molecular weight is 400 g/mol. The van der Waals surface area contributed by atoms with Gasteiger partial charge in [-0.05, 0) is 41.6 Å². The Bertz CT molecular complexity index is 894. The maximum atomic E-state index is 12.8. The molecule has 2 heterocycles. The van der Waals surface area contributed by atoms with Crippen LogP contribution < -0.4 is 0 Å². The molecule has 3 rings (SSSR count). The lowest BCUT2D eigenvalue weighted by Crippen LogP contribution is -2.40. The maximum Gasteiger partial charge on any atom is 0.406 e. The second kappa shape index (κ2) is 7.78. The lowest BCUT2D eigenvalue weighted by molar-refractivity contribution is -0.163. The topological polar surface area (TPSA) is 77.1 Å².